The molecule has 30 heavy (non-hydrogen) atoms. The fraction of sp³-hybridized carbons (Fsp3) is 0.769. The van der Waals surface area contributed by atoms with Gasteiger partial charge >= 0.3 is 0 Å². The van der Waals surface area contributed by atoms with Crippen LogP contribution >= 0.6 is 31.9 Å². The first kappa shape index (κ1) is 27.8. The van der Waals surface area contributed by atoms with Crippen molar-refractivity contribution in [1.29, 1.82) is 0 Å². The first-order valence-corrected chi connectivity index (χ1v) is 13.5. The Morgan fingerprint density at radius 3 is 1.50 bits per heavy atom. The zero-order valence-corrected chi connectivity index (χ0v) is 23.3. The maximum absolute atomic E-state index is 6.08. The molecule has 4 heteroatoms. The van der Waals surface area contributed by atoms with Crippen LogP contribution in [0.15, 0.2) is 21.1 Å². The molecule has 2 unspecified atom stereocenters. The zero-order chi connectivity index (χ0) is 22.5. The van der Waals surface area contributed by atoms with E-state index in [1.54, 1.807) is 0 Å². The molecule has 0 aliphatic carbocycles. The lowest BCUT2D eigenvalue weighted by Gasteiger charge is -2.16. The second-order valence-corrected chi connectivity index (χ2v) is 11.6. The predicted octanol–water partition coefficient (Wildman–Crippen LogP) is 9.67. The van der Waals surface area contributed by atoms with E-state index in [0.717, 1.165) is 58.3 Å². The molecule has 0 N–H and O–H groups in total. The molecule has 0 aromatic heterocycles. The third-order valence-corrected chi connectivity index (χ3v) is 6.84. The third kappa shape index (κ3) is 12.6. The van der Waals surface area contributed by atoms with Crippen LogP contribution in [-0.4, -0.2) is 13.2 Å². The van der Waals surface area contributed by atoms with Crippen LogP contribution in [0.3, 0.4) is 0 Å². The van der Waals surface area contributed by atoms with E-state index in [9.17, 15) is 0 Å². The quantitative estimate of drug-likeness (QED) is 0.205. The van der Waals surface area contributed by atoms with Gasteiger partial charge in [0.15, 0.2) is 0 Å². The van der Waals surface area contributed by atoms with E-state index in [-0.39, 0.29) is 0 Å². The summed E-state index contributed by atoms with van der Waals surface area (Å²) in [6.45, 7) is 15.3. The molecule has 0 heterocycles. The topological polar surface area (TPSA) is 18.5 Å². The number of benzene rings is 1. The van der Waals surface area contributed by atoms with Crippen LogP contribution in [0.25, 0.3) is 0 Å². The Labute approximate surface area is 203 Å². The monoisotopic (exact) mass is 546 g/mol. The van der Waals surface area contributed by atoms with Crippen molar-refractivity contribution in [3.63, 3.8) is 0 Å². The second-order valence-electron chi connectivity index (χ2n) is 9.85. The highest BCUT2D eigenvalue weighted by molar-refractivity contribution is 9.11. The van der Waals surface area contributed by atoms with Crippen molar-refractivity contribution in [2.24, 2.45) is 23.7 Å². The van der Waals surface area contributed by atoms with Crippen LogP contribution in [0.4, 0.5) is 0 Å². The molecule has 0 aliphatic rings. The first-order chi connectivity index (χ1) is 14.2. The molecule has 0 aliphatic heterocycles. The highest BCUT2D eigenvalue weighted by Crippen LogP contribution is 2.37. The Morgan fingerprint density at radius 1 is 0.633 bits per heavy atom. The Kier molecular flexibility index (Phi) is 14.4. The van der Waals surface area contributed by atoms with E-state index in [1.807, 2.05) is 12.1 Å². The molecule has 2 atom stereocenters. The molecule has 0 amide bonds. The molecule has 174 valence electrons. The second kappa shape index (κ2) is 15.6. The fourth-order valence-electron chi connectivity index (χ4n) is 3.54. The Hall–Kier alpha value is -0.220. The van der Waals surface area contributed by atoms with Crippen LogP contribution in [-0.2, 0) is 0 Å². The molecular weight excluding hydrogens is 504 g/mol. The van der Waals surface area contributed by atoms with Gasteiger partial charge in [0.1, 0.15) is 11.5 Å². The molecular formula is C26H44Br2O2. The highest BCUT2D eigenvalue weighted by Gasteiger charge is 2.12. The third-order valence-electron chi connectivity index (χ3n) is 5.67. The summed E-state index contributed by atoms with van der Waals surface area (Å²) in [6.07, 6.45) is 10.0. The van der Waals surface area contributed by atoms with Crippen molar-refractivity contribution in [3.8, 4) is 11.5 Å². The van der Waals surface area contributed by atoms with Crippen LogP contribution < -0.4 is 9.47 Å². The summed E-state index contributed by atoms with van der Waals surface area (Å²) in [4.78, 5) is 0. The van der Waals surface area contributed by atoms with Gasteiger partial charge in [0.25, 0.3) is 0 Å². The summed E-state index contributed by atoms with van der Waals surface area (Å²) < 4.78 is 14.0. The van der Waals surface area contributed by atoms with E-state index in [0.29, 0.717) is 11.8 Å². The molecule has 0 saturated carbocycles. The molecule has 0 spiro atoms. The van der Waals surface area contributed by atoms with Gasteiger partial charge in [0.2, 0.25) is 0 Å². The Balaban J connectivity index is 2.37. The van der Waals surface area contributed by atoms with Gasteiger partial charge in [0, 0.05) is 0 Å². The van der Waals surface area contributed by atoms with Crippen molar-refractivity contribution in [2.75, 3.05) is 13.2 Å². The molecule has 2 nitrogen and oxygen atoms in total. The average molecular weight is 548 g/mol. The predicted molar refractivity (Wildman–Crippen MR) is 138 cm³/mol. The summed E-state index contributed by atoms with van der Waals surface area (Å²) in [5.74, 6) is 4.77. The van der Waals surface area contributed by atoms with Gasteiger partial charge in [-0.2, -0.15) is 0 Å². The normalized spacial score (nSPS) is 13.7. The van der Waals surface area contributed by atoms with E-state index in [4.69, 9.17) is 9.47 Å². The van der Waals surface area contributed by atoms with Crippen LogP contribution in [0.5, 0.6) is 11.5 Å². The average Bonchev–Trinajstić information content (AvgIpc) is 2.63. The SMILES string of the molecule is CC(C)CCCC(C)CCOc1cc(Br)c(OCCC(C)CCCC(C)C)c(Br)c1. The summed E-state index contributed by atoms with van der Waals surface area (Å²) >= 11 is 7.31. The summed E-state index contributed by atoms with van der Waals surface area (Å²) in [5.41, 5.74) is 0. The lowest BCUT2D eigenvalue weighted by Crippen LogP contribution is -2.06. The molecule has 0 bridgehead atoms. The zero-order valence-electron chi connectivity index (χ0n) is 20.1. The minimum absolute atomic E-state index is 0.700. The van der Waals surface area contributed by atoms with Gasteiger partial charge in [-0.1, -0.05) is 80.1 Å². The van der Waals surface area contributed by atoms with Crippen LogP contribution in [0, 0.1) is 23.7 Å². The number of hydrogen-bond donors (Lipinski definition) is 0. The van der Waals surface area contributed by atoms with Gasteiger partial charge in [-0.3, -0.25) is 0 Å². The first-order valence-electron chi connectivity index (χ1n) is 11.9. The molecule has 0 radical (unpaired) electrons. The van der Waals surface area contributed by atoms with E-state index in [1.165, 1.54) is 38.5 Å². The lowest BCUT2D eigenvalue weighted by atomic mass is 9.98. The van der Waals surface area contributed by atoms with E-state index < -0.39 is 0 Å². The maximum atomic E-state index is 6.08. The Morgan fingerprint density at radius 2 is 1.07 bits per heavy atom. The van der Waals surface area contributed by atoms with Crippen molar-refractivity contribution in [3.05, 3.63) is 21.1 Å². The van der Waals surface area contributed by atoms with E-state index in [2.05, 4.69) is 73.4 Å². The summed E-state index contributed by atoms with van der Waals surface area (Å²) in [7, 11) is 0. The van der Waals surface area contributed by atoms with Crippen molar-refractivity contribution < 1.29 is 9.47 Å². The van der Waals surface area contributed by atoms with Gasteiger partial charge in [0.05, 0.1) is 22.2 Å². The van der Waals surface area contributed by atoms with Gasteiger partial charge in [-0.25, -0.2) is 0 Å². The molecule has 1 aromatic carbocycles. The van der Waals surface area contributed by atoms with E-state index >= 15 is 0 Å². The highest BCUT2D eigenvalue weighted by atomic mass is 79.9. The maximum Gasteiger partial charge on any atom is 0.147 e. The molecule has 1 rings (SSSR count). The smallest absolute Gasteiger partial charge is 0.147 e. The molecule has 0 saturated heterocycles. The van der Waals surface area contributed by atoms with Crippen molar-refractivity contribution >= 4 is 31.9 Å². The number of rotatable bonds is 16. The van der Waals surface area contributed by atoms with Crippen LogP contribution in [0.1, 0.15) is 92.9 Å². The number of halogens is 2. The molecule has 1 aromatic rings. The number of ether oxygens (including phenoxy) is 2. The summed E-state index contributed by atoms with van der Waals surface area (Å²) in [6, 6.07) is 4.05. The largest absolute Gasteiger partial charge is 0.494 e. The van der Waals surface area contributed by atoms with Gasteiger partial charge < -0.3 is 9.47 Å². The summed E-state index contributed by atoms with van der Waals surface area (Å²) in [5, 5.41) is 0. The van der Waals surface area contributed by atoms with Crippen LogP contribution in [0.2, 0.25) is 0 Å². The Bertz CT molecular complexity index is 563. The minimum atomic E-state index is 0.700. The van der Waals surface area contributed by atoms with Crippen molar-refractivity contribution in [1.82, 2.24) is 0 Å². The lowest BCUT2D eigenvalue weighted by molar-refractivity contribution is 0.267. The fourth-order valence-corrected chi connectivity index (χ4v) is 4.91. The van der Waals surface area contributed by atoms with Crippen molar-refractivity contribution in [2.45, 2.75) is 92.9 Å². The standard InChI is InChI=1S/C26H44Br2O2/c1-19(2)9-7-11-21(5)13-15-29-23-17-24(27)26(25(28)18-23)30-16-14-22(6)12-8-10-20(3)4/h17-22H,7-16H2,1-6H3. The van der Waals surface area contributed by atoms with Gasteiger partial charge in [-0.05, 0) is 80.5 Å². The minimum Gasteiger partial charge on any atom is -0.494 e. The number of hydrogen-bond acceptors (Lipinski definition) is 2. The van der Waals surface area contributed by atoms with Gasteiger partial charge in [-0.15, -0.1) is 0 Å². The molecule has 0 fully saturated rings.